The van der Waals surface area contributed by atoms with Crippen LogP contribution in [0.25, 0.3) is 27.7 Å². The Balaban J connectivity index is 1.51. The molecule has 9 nitrogen and oxygen atoms in total. The Morgan fingerprint density at radius 1 is 1.35 bits per heavy atom. The zero-order valence-corrected chi connectivity index (χ0v) is 17.8. The zero-order chi connectivity index (χ0) is 27.4. The molecule has 0 spiro atoms. The van der Waals surface area contributed by atoms with E-state index < -0.39 is 38.5 Å². The van der Waals surface area contributed by atoms with Gasteiger partial charge < -0.3 is 15.0 Å². The van der Waals surface area contributed by atoms with Gasteiger partial charge in [-0.05, 0) is 37.2 Å². The molecule has 1 N–H and O–H groups in total. The number of nitrogens with zero attached hydrogens (tertiary/aromatic N) is 7. The van der Waals surface area contributed by atoms with Crippen LogP contribution in [0.2, 0.25) is 0 Å². The van der Waals surface area contributed by atoms with E-state index in [0.29, 0.717) is 22.2 Å². The van der Waals surface area contributed by atoms with E-state index in [9.17, 15) is 17.6 Å². The van der Waals surface area contributed by atoms with Gasteiger partial charge in [0.1, 0.15) is 17.6 Å². The molecule has 34 heavy (non-hydrogen) atoms. The van der Waals surface area contributed by atoms with Crippen LogP contribution in [-0.2, 0) is 6.54 Å². The van der Waals surface area contributed by atoms with E-state index in [1.165, 1.54) is 13.2 Å². The average molecular weight is 482 g/mol. The van der Waals surface area contributed by atoms with Gasteiger partial charge in [0.2, 0.25) is 11.8 Å². The molecule has 1 aliphatic heterocycles. The standard InChI is InChI=1S/C21H22F4N8O/c1-31-7-6-16(21(24,25)11-31)26-20-27-19(34-2)18-13(5-8-32(18)29-20)12-3-4-14-15(9-12)33(30-28-14)10-17(22)23/h3-5,8-9,16-17H,6-7,10-11H2,1-2H3,(H,26,29)/t16-/m1/s1/i1D3,8D. The fraction of sp³-hybridized carbons (Fsp3) is 0.429. The molecule has 0 unspecified atom stereocenters. The highest BCUT2D eigenvalue weighted by atomic mass is 19.3. The third kappa shape index (κ3) is 4.00. The Morgan fingerprint density at radius 3 is 2.94 bits per heavy atom. The summed E-state index contributed by atoms with van der Waals surface area (Å²) >= 11 is 0. The van der Waals surface area contributed by atoms with Gasteiger partial charge in [0, 0.05) is 22.4 Å². The number of aromatic nitrogens is 6. The molecule has 0 amide bonds. The highest BCUT2D eigenvalue weighted by Crippen LogP contribution is 2.34. The molecule has 13 heteroatoms. The van der Waals surface area contributed by atoms with E-state index in [2.05, 4.69) is 25.7 Å². The third-order valence-electron chi connectivity index (χ3n) is 5.63. The maximum absolute atomic E-state index is 14.8. The van der Waals surface area contributed by atoms with Gasteiger partial charge in [0.05, 0.1) is 26.6 Å². The summed E-state index contributed by atoms with van der Waals surface area (Å²) in [6.07, 6.45) is -2.92. The van der Waals surface area contributed by atoms with E-state index in [0.717, 1.165) is 14.1 Å². The number of rotatable bonds is 6. The Bertz CT molecular complexity index is 1490. The molecule has 1 saturated heterocycles. The summed E-state index contributed by atoms with van der Waals surface area (Å²) in [4.78, 5) is 4.97. The monoisotopic (exact) mass is 482 g/mol. The highest BCUT2D eigenvalue weighted by molar-refractivity contribution is 5.89. The van der Waals surface area contributed by atoms with Gasteiger partial charge in [0.25, 0.3) is 12.3 Å². The van der Waals surface area contributed by atoms with E-state index in [1.54, 1.807) is 18.2 Å². The molecule has 1 fully saturated rings. The van der Waals surface area contributed by atoms with Gasteiger partial charge in [-0.2, -0.15) is 4.98 Å². The Morgan fingerprint density at radius 2 is 2.21 bits per heavy atom. The van der Waals surface area contributed by atoms with Crippen molar-refractivity contribution in [1.82, 2.24) is 34.5 Å². The number of methoxy groups -OCH3 is 1. The van der Waals surface area contributed by atoms with Crippen molar-refractivity contribution in [2.45, 2.75) is 31.4 Å². The molecule has 4 aromatic rings. The highest BCUT2D eigenvalue weighted by Gasteiger charge is 2.44. The van der Waals surface area contributed by atoms with Crippen LogP contribution in [0.15, 0.2) is 30.4 Å². The van der Waals surface area contributed by atoms with Crippen LogP contribution in [0.3, 0.4) is 0 Å². The van der Waals surface area contributed by atoms with Gasteiger partial charge >= 0.3 is 0 Å². The van der Waals surface area contributed by atoms with Crippen molar-refractivity contribution in [3.63, 3.8) is 0 Å². The second-order valence-corrected chi connectivity index (χ2v) is 7.93. The number of hydrogen-bond donors (Lipinski definition) is 1. The number of benzene rings is 1. The molecule has 0 saturated carbocycles. The largest absolute Gasteiger partial charge is 0.479 e. The Labute approximate surface area is 196 Å². The van der Waals surface area contributed by atoms with Gasteiger partial charge in [-0.15, -0.1) is 10.2 Å². The fourth-order valence-corrected chi connectivity index (χ4v) is 4.02. The normalized spacial score (nSPS) is 20.8. The predicted molar refractivity (Wildman–Crippen MR) is 117 cm³/mol. The fourth-order valence-electron chi connectivity index (χ4n) is 4.02. The lowest BCUT2D eigenvalue weighted by atomic mass is 10.0. The maximum Gasteiger partial charge on any atom is 0.280 e. The number of ether oxygens (including phenoxy) is 1. The topological polar surface area (TPSA) is 85.4 Å². The van der Waals surface area contributed by atoms with E-state index in [1.807, 2.05) is 0 Å². The quantitative estimate of drug-likeness (QED) is 0.423. The smallest absolute Gasteiger partial charge is 0.280 e. The van der Waals surface area contributed by atoms with E-state index in [4.69, 9.17) is 10.2 Å². The summed E-state index contributed by atoms with van der Waals surface area (Å²) in [7, 11) is 1.32. The van der Waals surface area contributed by atoms with Gasteiger partial charge in [0.15, 0.2) is 0 Å². The molecule has 1 aliphatic rings. The zero-order valence-electron chi connectivity index (χ0n) is 21.8. The molecule has 4 heterocycles. The lowest BCUT2D eigenvalue weighted by molar-refractivity contribution is -0.0675. The van der Waals surface area contributed by atoms with Crippen molar-refractivity contribution < 1.29 is 27.8 Å². The number of halogens is 4. The molecule has 1 atom stereocenters. The van der Waals surface area contributed by atoms with Crippen molar-refractivity contribution in [2.75, 3.05) is 32.5 Å². The average Bonchev–Trinajstić information content (AvgIpc) is 3.39. The lowest BCUT2D eigenvalue weighted by Gasteiger charge is -2.36. The summed E-state index contributed by atoms with van der Waals surface area (Å²) in [5.74, 6) is -3.64. The molecule has 0 radical (unpaired) electrons. The summed E-state index contributed by atoms with van der Waals surface area (Å²) < 4.78 is 93.8. The maximum atomic E-state index is 14.8. The van der Waals surface area contributed by atoms with Crippen molar-refractivity contribution in [3.8, 4) is 17.0 Å². The van der Waals surface area contributed by atoms with Gasteiger partial charge in [-0.1, -0.05) is 11.3 Å². The van der Waals surface area contributed by atoms with Gasteiger partial charge in [-0.25, -0.2) is 26.8 Å². The molecule has 180 valence electrons. The number of alkyl halides is 4. The van der Waals surface area contributed by atoms with E-state index in [-0.39, 0.29) is 36.5 Å². The number of likely N-dealkylation sites (tertiary alicyclic amines) is 1. The van der Waals surface area contributed by atoms with Crippen molar-refractivity contribution in [1.29, 1.82) is 0 Å². The molecule has 0 aliphatic carbocycles. The first-order valence-electron chi connectivity index (χ1n) is 12.3. The summed E-state index contributed by atoms with van der Waals surface area (Å²) in [6, 6.07) is 4.88. The molecule has 1 aromatic carbocycles. The first-order valence-corrected chi connectivity index (χ1v) is 10.3. The predicted octanol–water partition coefficient (Wildman–Crippen LogP) is 3.17. The minimum atomic E-state index is -3.39. The second kappa shape index (κ2) is 8.38. The SMILES string of the molecule is [2H]c1cc(-c2ccc3nnn(CC(F)F)c3c2)c2c(OC)nc(N[C@@H]3CCN(C([2H])([2H])[2H])CC3(F)F)nn12. The molecular formula is C21H22F4N8O. The van der Waals surface area contributed by atoms with E-state index >= 15 is 0 Å². The van der Waals surface area contributed by atoms with Crippen LogP contribution >= 0.6 is 0 Å². The minimum Gasteiger partial charge on any atom is -0.479 e. The van der Waals surface area contributed by atoms with Crippen LogP contribution in [0, 0.1) is 0 Å². The Hall–Kier alpha value is -3.48. The second-order valence-electron chi connectivity index (χ2n) is 7.93. The van der Waals surface area contributed by atoms with Gasteiger partial charge in [-0.3, -0.25) is 0 Å². The molecular weight excluding hydrogens is 456 g/mol. The molecule has 5 rings (SSSR count). The minimum absolute atomic E-state index is 0.0152. The summed E-state index contributed by atoms with van der Waals surface area (Å²) in [6.45, 7) is -4.32. The lowest BCUT2D eigenvalue weighted by Crippen LogP contribution is -2.53. The molecule has 0 bridgehead atoms. The summed E-state index contributed by atoms with van der Waals surface area (Å²) in [5, 5.41) is 14.4. The van der Waals surface area contributed by atoms with Crippen LogP contribution in [-0.4, -0.2) is 80.1 Å². The number of nitrogens with one attached hydrogen (secondary N) is 1. The summed E-state index contributed by atoms with van der Waals surface area (Å²) in [5.41, 5.74) is 2.00. The third-order valence-corrected chi connectivity index (χ3v) is 5.63. The first kappa shape index (κ1) is 17.9. The first-order chi connectivity index (χ1) is 17.9. The Kier molecular flexibility index (Phi) is 4.42. The number of anilines is 1. The number of fused-ring (bicyclic) bond motifs is 2. The number of piperidine rings is 1. The van der Waals surface area contributed by atoms with Crippen LogP contribution in [0.4, 0.5) is 23.5 Å². The van der Waals surface area contributed by atoms with Crippen molar-refractivity contribution in [3.05, 3.63) is 30.4 Å². The van der Waals surface area contributed by atoms with Crippen molar-refractivity contribution in [2.24, 2.45) is 0 Å². The van der Waals surface area contributed by atoms with Crippen LogP contribution in [0.1, 0.15) is 11.9 Å². The van der Waals surface area contributed by atoms with Crippen molar-refractivity contribution >= 4 is 22.5 Å². The molecule has 3 aromatic heterocycles. The number of hydrogen-bond acceptors (Lipinski definition) is 7. The van der Waals surface area contributed by atoms with Crippen LogP contribution in [0.5, 0.6) is 5.88 Å². The van der Waals surface area contributed by atoms with Crippen LogP contribution < -0.4 is 10.1 Å².